The van der Waals surface area contributed by atoms with Gasteiger partial charge in [-0.1, -0.05) is 26.0 Å². The number of halogens is 1. The molecule has 132 valence electrons. The number of nitrogens with one attached hydrogen (secondary N) is 1. The standard InChI is InChI=1S/C18H19BrN2O4/c1-3-12(2)13-7-8-17(16(19)9-13)25-11-18(22)20-14-5-4-6-15(10-14)21(23)24/h4-10,12H,3,11H2,1-2H3,(H,20,22). The van der Waals surface area contributed by atoms with E-state index in [4.69, 9.17) is 4.74 Å². The van der Waals surface area contributed by atoms with Crippen LogP contribution in [0.25, 0.3) is 0 Å². The number of nitrogens with zero attached hydrogens (tertiary/aromatic N) is 1. The summed E-state index contributed by atoms with van der Waals surface area (Å²) in [6, 6.07) is 11.6. The molecule has 0 spiro atoms. The van der Waals surface area contributed by atoms with Crippen LogP contribution in [0, 0.1) is 10.1 Å². The molecule has 2 rings (SSSR count). The van der Waals surface area contributed by atoms with Crippen molar-refractivity contribution in [1.82, 2.24) is 0 Å². The molecule has 7 heteroatoms. The average molecular weight is 407 g/mol. The van der Waals surface area contributed by atoms with Crippen LogP contribution in [-0.2, 0) is 4.79 Å². The van der Waals surface area contributed by atoms with E-state index in [9.17, 15) is 14.9 Å². The summed E-state index contributed by atoms with van der Waals surface area (Å²) >= 11 is 3.46. The number of amides is 1. The van der Waals surface area contributed by atoms with E-state index in [0.29, 0.717) is 17.4 Å². The number of rotatable bonds is 7. The molecule has 2 aromatic carbocycles. The van der Waals surface area contributed by atoms with Crippen LogP contribution in [0.5, 0.6) is 5.75 Å². The van der Waals surface area contributed by atoms with Gasteiger partial charge in [-0.05, 0) is 52.0 Å². The van der Waals surface area contributed by atoms with Crippen LogP contribution in [0.1, 0.15) is 31.7 Å². The molecule has 0 heterocycles. The van der Waals surface area contributed by atoms with Crippen molar-refractivity contribution in [3.8, 4) is 5.75 Å². The van der Waals surface area contributed by atoms with E-state index >= 15 is 0 Å². The van der Waals surface area contributed by atoms with Gasteiger partial charge in [-0.2, -0.15) is 0 Å². The summed E-state index contributed by atoms with van der Waals surface area (Å²) in [4.78, 5) is 22.2. The highest BCUT2D eigenvalue weighted by Gasteiger charge is 2.11. The summed E-state index contributed by atoms with van der Waals surface area (Å²) in [6.07, 6.45) is 1.04. The summed E-state index contributed by atoms with van der Waals surface area (Å²) in [5, 5.41) is 13.3. The summed E-state index contributed by atoms with van der Waals surface area (Å²) in [6.45, 7) is 4.08. The lowest BCUT2D eigenvalue weighted by molar-refractivity contribution is -0.384. The van der Waals surface area contributed by atoms with Crippen LogP contribution >= 0.6 is 15.9 Å². The van der Waals surface area contributed by atoms with Crippen molar-refractivity contribution in [1.29, 1.82) is 0 Å². The van der Waals surface area contributed by atoms with Crippen LogP contribution < -0.4 is 10.1 Å². The van der Waals surface area contributed by atoms with Gasteiger partial charge in [0.25, 0.3) is 11.6 Å². The first kappa shape index (κ1) is 18.9. The highest BCUT2D eigenvalue weighted by Crippen LogP contribution is 2.30. The minimum absolute atomic E-state index is 0.0814. The van der Waals surface area contributed by atoms with Crippen molar-refractivity contribution in [2.24, 2.45) is 0 Å². The number of hydrogen-bond donors (Lipinski definition) is 1. The molecule has 6 nitrogen and oxygen atoms in total. The predicted molar refractivity (Wildman–Crippen MR) is 100 cm³/mol. The Morgan fingerprint density at radius 3 is 2.72 bits per heavy atom. The molecule has 2 aromatic rings. The minimum atomic E-state index is -0.512. The van der Waals surface area contributed by atoms with Crippen LogP contribution in [0.4, 0.5) is 11.4 Å². The number of ether oxygens (including phenoxy) is 1. The second-order valence-corrected chi connectivity index (χ2v) is 6.50. The van der Waals surface area contributed by atoms with E-state index in [1.165, 1.54) is 23.8 Å². The molecule has 1 unspecified atom stereocenters. The molecule has 1 N–H and O–H groups in total. The van der Waals surface area contributed by atoms with Gasteiger partial charge in [0, 0.05) is 17.8 Å². The van der Waals surface area contributed by atoms with Gasteiger partial charge in [0.2, 0.25) is 0 Å². The van der Waals surface area contributed by atoms with Crippen molar-refractivity contribution in [2.75, 3.05) is 11.9 Å². The average Bonchev–Trinajstić information content (AvgIpc) is 2.60. The monoisotopic (exact) mass is 406 g/mol. The molecule has 0 saturated carbocycles. The molecule has 1 amide bonds. The van der Waals surface area contributed by atoms with Gasteiger partial charge in [0.1, 0.15) is 5.75 Å². The number of hydrogen-bond acceptors (Lipinski definition) is 4. The Labute approximate surface area is 154 Å². The first-order chi connectivity index (χ1) is 11.9. The second kappa shape index (κ2) is 8.62. The van der Waals surface area contributed by atoms with Crippen LogP contribution in [0.15, 0.2) is 46.9 Å². The first-order valence-electron chi connectivity index (χ1n) is 7.87. The summed E-state index contributed by atoms with van der Waals surface area (Å²) in [5.74, 6) is 0.627. The molecular weight excluding hydrogens is 388 g/mol. The highest BCUT2D eigenvalue weighted by atomic mass is 79.9. The fraction of sp³-hybridized carbons (Fsp3) is 0.278. The fourth-order valence-corrected chi connectivity index (χ4v) is 2.72. The van der Waals surface area contributed by atoms with Crippen molar-refractivity contribution < 1.29 is 14.5 Å². The molecule has 0 saturated heterocycles. The third-order valence-corrected chi connectivity index (χ3v) is 4.46. The Kier molecular flexibility index (Phi) is 6.52. The number of non-ortho nitro benzene ring substituents is 1. The molecule has 0 aliphatic carbocycles. The maximum atomic E-state index is 12.0. The van der Waals surface area contributed by atoms with Gasteiger partial charge in [-0.15, -0.1) is 0 Å². The zero-order chi connectivity index (χ0) is 18.4. The van der Waals surface area contributed by atoms with E-state index in [0.717, 1.165) is 10.9 Å². The Hall–Kier alpha value is -2.41. The van der Waals surface area contributed by atoms with Crippen molar-refractivity contribution in [2.45, 2.75) is 26.2 Å². The van der Waals surface area contributed by atoms with Crippen LogP contribution in [-0.4, -0.2) is 17.4 Å². The summed E-state index contributed by atoms with van der Waals surface area (Å²) in [7, 11) is 0. The van der Waals surface area contributed by atoms with Crippen LogP contribution in [0.3, 0.4) is 0 Å². The number of benzene rings is 2. The maximum Gasteiger partial charge on any atom is 0.271 e. The van der Waals surface area contributed by atoms with Crippen LogP contribution in [0.2, 0.25) is 0 Å². The van der Waals surface area contributed by atoms with Gasteiger partial charge in [0.05, 0.1) is 9.40 Å². The lowest BCUT2D eigenvalue weighted by Crippen LogP contribution is -2.20. The molecule has 25 heavy (non-hydrogen) atoms. The fourth-order valence-electron chi connectivity index (χ4n) is 2.21. The molecule has 0 bridgehead atoms. The third kappa shape index (κ3) is 5.29. The number of carbonyl (C=O) groups is 1. The largest absolute Gasteiger partial charge is 0.483 e. The molecule has 0 aliphatic rings. The lowest BCUT2D eigenvalue weighted by Gasteiger charge is -2.13. The maximum absolute atomic E-state index is 12.0. The topological polar surface area (TPSA) is 81.5 Å². The number of nitro groups is 1. The number of nitro benzene ring substituents is 1. The Morgan fingerprint density at radius 2 is 2.08 bits per heavy atom. The molecule has 0 radical (unpaired) electrons. The van der Waals surface area contributed by atoms with E-state index in [1.807, 2.05) is 18.2 Å². The zero-order valence-electron chi connectivity index (χ0n) is 14.0. The highest BCUT2D eigenvalue weighted by molar-refractivity contribution is 9.10. The molecule has 0 aliphatic heterocycles. The number of carbonyl (C=O) groups excluding carboxylic acids is 1. The van der Waals surface area contributed by atoms with Gasteiger partial charge in [-0.3, -0.25) is 14.9 Å². The van der Waals surface area contributed by atoms with Gasteiger partial charge in [-0.25, -0.2) is 0 Å². The predicted octanol–water partition coefficient (Wildman–Crippen LogP) is 4.89. The zero-order valence-corrected chi connectivity index (χ0v) is 15.6. The summed E-state index contributed by atoms with van der Waals surface area (Å²) in [5.41, 5.74) is 1.47. The van der Waals surface area contributed by atoms with E-state index in [2.05, 4.69) is 35.1 Å². The summed E-state index contributed by atoms with van der Waals surface area (Å²) < 4.78 is 6.31. The second-order valence-electron chi connectivity index (χ2n) is 5.64. The van der Waals surface area contributed by atoms with Gasteiger partial charge in [0.15, 0.2) is 6.61 Å². The van der Waals surface area contributed by atoms with E-state index in [-0.39, 0.29) is 12.3 Å². The molecular formula is C18H19BrN2O4. The quantitative estimate of drug-likeness (QED) is 0.524. The normalized spacial score (nSPS) is 11.6. The molecule has 1 atom stereocenters. The van der Waals surface area contributed by atoms with Crippen molar-refractivity contribution >= 4 is 33.2 Å². The Balaban J connectivity index is 1.96. The van der Waals surface area contributed by atoms with Crippen molar-refractivity contribution in [3.05, 3.63) is 62.6 Å². The van der Waals surface area contributed by atoms with Gasteiger partial charge >= 0.3 is 0 Å². The Bertz CT molecular complexity index is 779. The lowest BCUT2D eigenvalue weighted by atomic mass is 9.99. The smallest absolute Gasteiger partial charge is 0.271 e. The van der Waals surface area contributed by atoms with Gasteiger partial charge < -0.3 is 10.1 Å². The third-order valence-electron chi connectivity index (χ3n) is 3.84. The minimum Gasteiger partial charge on any atom is -0.483 e. The SMILES string of the molecule is CCC(C)c1ccc(OCC(=O)Nc2cccc([N+](=O)[O-])c2)c(Br)c1. The van der Waals surface area contributed by atoms with E-state index < -0.39 is 10.8 Å². The molecule has 0 aromatic heterocycles. The molecule has 0 fully saturated rings. The first-order valence-corrected chi connectivity index (χ1v) is 8.66. The Morgan fingerprint density at radius 1 is 1.32 bits per heavy atom. The number of anilines is 1. The van der Waals surface area contributed by atoms with Crippen molar-refractivity contribution in [3.63, 3.8) is 0 Å². The van der Waals surface area contributed by atoms with E-state index in [1.54, 1.807) is 6.07 Å².